The third kappa shape index (κ3) is 3.69. The van der Waals surface area contributed by atoms with Gasteiger partial charge in [0.05, 0.1) is 10.7 Å². The number of hydrogen-bond acceptors (Lipinski definition) is 2. The molecule has 0 heterocycles. The second-order valence-electron chi connectivity index (χ2n) is 3.75. The number of rotatable bonds is 4. The van der Waals surface area contributed by atoms with Gasteiger partial charge in [-0.1, -0.05) is 35.9 Å². The fraction of sp³-hybridized carbons (Fsp3) is 0.0714. The molecular weight excluding hydrogens is 269 g/mol. The number of para-hydroxylation sites is 1. The SMILES string of the molecule is O=C(COc1ccccc1)Nc1cccc(Cl)c1F. The van der Waals surface area contributed by atoms with E-state index in [4.69, 9.17) is 16.3 Å². The molecule has 2 rings (SSSR count). The van der Waals surface area contributed by atoms with Crippen LogP contribution in [-0.2, 0) is 4.79 Å². The number of amides is 1. The van der Waals surface area contributed by atoms with Gasteiger partial charge in [-0.15, -0.1) is 0 Å². The number of nitrogens with one attached hydrogen (secondary N) is 1. The summed E-state index contributed by atoms with van der Waals surface area (Å²) in [7, 11) is 0. The molecule has 1 amide bonds. The molecule has 0 aliphatic heterocycles. The number of hydrogen-bond donors (Lipinski definition) is 1. The van der Waals surface area contributed by atoms with Gasteiger partial charge in [0.1, 0.15) is 5.75 Å². The highest BCUT2D eigenvalue weighted by Gasteiger charge is 2.09. The summed E-state index contributed by atoms with van der Waals surface area (Å²) in [6.07, 6.45) is 0. The molecule has 3 nitrogen and oxygen atoms in total. The number of anilines is 1. The van der Waals surface area contributed by atoms with Crippen LogP contribution in [0.5, 0.6) is 5.75 Å². The van der Waals surface area contributed by atoms with Crippen LogP contribution in [0.3, 0.4) is 0 Å². The van der Waals surface area contributed by atoms with E-state index in [1.807, 2.05) is 6.07 Å². The summed E-state index contributed by atoms with van der Waals surface area (Å²) in [6, 6.07) is 13.3. The molecule has 0 aliphatic carbocycles. The van der Waals surface area contributed by atoms with E-state index in [9.17, 15) is 9.18 Å². The Morgan fingerprint density at radius 3 is 2.63 bits per heavy atom. The third-order valence-corrected chi connectivity index (χ3v) is 2.63. The van der Waals surface area contributed by atoms with Crippen molar-refractivity contribution in [3.05, 3.63) is 59.4 Å². The minimum atomic E-state index is -0.655. The molecule has 0 saturated carbocycles. The average Bonchev–Trinajstić information content (AvgIpc) is 2.43. The van der Waals surface area contributed by atoms with Crippen molar-refractivity contribution in [1.82, 2.24) is 0 Å². The molecule has 0 bridgehead atoms. The number of carbonyl (C=O) groups excluding carboxylic acids is 1. The van der Waals surface area contributed by atoms with Gasteiger partial charge in [-0.05, 0) is 24.3 Å². The first-order valence-corrected chi connectivity index (χ1v) is 5.96. The van der Waals surface area contributed by atoms with Gasteiger partial charge < -0.3 is 10.1 Å². The zero-order valence-corrected chi connectivity index (χ0v) is 10.7. The lowest BCUT2D eigenvalue weighted by Crippen LogP contribution is -2.20. The number of carbonyl (C=O) groups is 1. The van der Waals surface area contributed by atoms with Crippen LogP contribution in [0, 0.1) is 5.82 Å². The van der Waals surface area contributed by atoms with Crippen LogP contribution >= 0.6 is 11.6 Å². The van der Waals surface area contributed by atoms with Crippen LogP contribution in [0.25, 0.3) is 0 Å². The Morgan fingerprint density at radius 1 is 1.16 bits per heavy atom. The Bertz CT molecular complexity index is 575. The highest BCUT2D eigenvalue weighted by Crippen LogP contribution is 2.21. The fourth-order valence-electron chi connectivity index (χ4n) is 1.45. The van der Waals surface area contributed by atoms with Crippen molar-refractivity contribution in [1.29, 1.82) is 0 Å². The van der Waals surface area contributed by atoms with Crippen LogP contribution in [0.1, 0.15) is 0 Å². The Morgan fingerprint density at radius 2 is 1.89 bits per heavy atom. The lowest BCUT2D eigenvalue weighted by atomic mass is 10.3. The van der Waals surface area contributed by atoms with Crippen LogP contribution in [0.15, 0.2) is 48.5 Å². The van der Waals surface area contributed by atoms with E-state index >= 15 is 0 Å². The summed E-state index contributed by atoms with van der Waals surface area (Å²) in [5, 5.41) is 2.36. The molecule has 0 atom stereocenters. The average molecular weight is 280 g/mol. The number of halogens is 2. The molecule has 5 heteroatoms. The summed E-state index contributed by atoms with van der Waals surface area (Å²) in [6.45, 7) is -0.198. The molecule has 19 heavy (non-hydrogen) atoms. The highest BCUT2D eigenvalue weighted by molar-refractivity contribution is 6.31. The minimum absolute atomic E-state index is 0.0363. The predicted octanol–water partition coefficient (Wildman–Crippen LogP) is 3.50. The zero-order valence-electron chi connectivity index (χ0n) is 9.90. The summed E-state index contributed by atoms with van der Waals surface area (Å²) in [4.78, 5) is 11.6. The Kier molecular flexibility index (Phi) is 4.36. The first-order valence-electron chi connectivity index (χ1n) is 5.58. The molecule has 0 aliphatic rings. The van der Waals surface area contributed by atoms with E-state index in [0.717, 1.165) is 0 Å². The first kappa shape index (κ1) is 13.4. The standard InChI is InChI=1S/C14H11ClFNO2/c15-11-7-4-8-12(14(11)16)17-13(18)9-19-10-5-2-1-3-6-10/h1-8H,9H2,(H,17,18). The van der Waals surface area contributed by atoms with Gasteiger partial charge in [0, 0.05) is 0 Å². The van der Waals surface area contributed by atoms with Crippen LogP contribution in [0.4, 0.5) is 10.1 Å². The zero-order chi connectivity index (χ0) is 13.7. The van der Waals surface area contributed by atoms with E-state index in [-0.39, 0.29) is 17.3 Å². The molecule has 0 saturated heterocycles. The molecule has 0 fully saturated rings. The van der Waals surface area contributed by atoms with Crippen LogP contribution < -0.4 is 10.1 Å². The molecule has 2 aromatic rings. The topological polar surface area (TPSA) is 38.3 Å². The summed E-state index contributed by atoms with van der Waals surface area (Å²) >= 11 is 5.61. The number of ether oxygens (including phenoxy) is 1. The van der Waals surface area contributed by atoms with Crippen molar-refractivity contribution >= 4 is 23.2 Å². The summed E-state index contributed by atoms with van der Waals surface area (Å²) in [5.74, 6) is -0.536. The minimum Gasteiger partial charge on any atom is -0.484 e. The van der Waals surface area contributed by atoms with Gasteiger partial charge in [0.2, 0.25) is 0 Å². The fourth-order valence-corrected chi connectivity index (χ4v) is 1.63. The van der Waals surface area contributed by atoms with Gasteiger partial charge in [-0.25, -0.2) is 4.39 Å². The van der Waals surface area contributed by atoms with Crippen molar-refractivity contribution in [3.63, 3.8) is 0 Å². The lowest BCUT2D eigenvalue weighted by molar-refractivity contribution is -0.118. The quantitative estimate of drug-likeness (QED) is 0.930. The van der Waals surface area contributed by atoms with Crippen molar-refractivity contribution in [3.8, 4) is 5.75 Å². The van der Waals surface area contributed by atoms with Gasteiger partial charge in [0.25, 0.3) is 5.91 Å². The number of benzene rings is 2. The second kappa shape index (κ2) is 6.20. The van der Waals surface area contributed by atoms with E-state index in [1.165, 1.54) is 12.1 Å². The lowest BCUT2D eigenvalue weighted by Gasteiger charge is -2.08. The highest BCUT2D eigenvalue weighted by atomic mass is 35.5. The van der Waals surface area contributed by atoms with E-state index in [1.54, 1.807) is 30.3 Å². The Balaban J connectivity index is 1.93. The monoisotopic (exact) mass is 279 g/mol. The van der Waals surface area contributed by atoms with E-state index in [2.05, 4.69) is 5.32 Å². The van der Waals surface area contributed by atoms with Crippen molar-refractivity contribution in [2.45, 2.75) is 0 Å². The molecular formula is C14H11ClFNO2. The molecule has 1 N–H and O–H groups in total. The van der Waals surface area contributed by atoms with E-state index < -0.39 is 11.7 Å². The Hall–Kier alpha value is -2.07. The van der Waals surface area contributed by atoms with Crippen molar-refractivity contribution in [2.24, 2.45) is 0 Å². The van der Waals surface area contributed by atoms with Gasteiger partial charge in [-0.3, -0.25) is 4.79 Å². The third-order valence-electron chi connectivity index (χ3n) is 2.34. The van der Waals surface area contributed by atoms with Gasteiger partial charge >= 0.3 is 0 Å². The van der Waals surface area contributed by atoms with Crippen molar-refractivity contribution < 1.29 is 13.9 Å². The maximum Gasteiger partial charge on any atom is 0.262 e. The molecule has 0 spiro atoms. The molecule has 98 valence electrons. The summed E-state index contributed by atoms with van der Waals surface area (Å²) in [5.41, 5.74) is 0.0363. The van der Waals surface area contributed by atoms with Gasteiger partial charge in [0.15, 0.2) is 12.4 Å². The largest absolute Gasteiger partial charge is 0.484 e. The van der Waals surface area contributed by atoms with Crippen molar-refractivity contribution in [2.75, 3.05) is 11.9 Å². The maximum absolute atomic E-state index is 13.5. The molecule has 2 aromatic carbocycles. The van der Waals surface area contributed by atoms with Crippen LogP contribution in [-0.4, -0.2) is 12.5 Å². The van der Waals surface area contributed by atoms with Crippen LogP contribution in [0.2, 0.25) is 5.02 Å². The predicted molar refractivity (Wildman–Crippen MR) is 72.0 cm³/mol. The Labute approximate surface area is 115 Å². The van der Waals surface area contributed by atoms with Gasteiger partial charge in [-0.2, -0.15) is 0 Å². The second-order valence-corrected chi connectivity index (χ2v) is 4.16. The smallest absolute Gasteiger partial charge is 0.262 e. The molecule has 0 aromatic heterocycles. The molecule has 0 unspecified atom stereocenters. The first-order chi connectivity index (χ1) is 9.16. The normalized spacial score (nSPS) is 10.0. The van der Waals surface area contributed by atoms with E-state index in [0.29, 0.717) is 5.75 Å². The summed E-state index contributed by atoms with van der Waals surface area (Å²) < 4.78 is 18.8. The maximum atomic E-state index is 13.5. The molecule has 0 radical (unpaired) electrons.